The van der Waals surface area contributed by atoms with Crippen LogP contribution in [0.5, 0.6) is 5.75 Å². The monoisotopic (exact) mass is 602 g/mol. The van der Waals surface area contributed by atoms with Crippen molar-refractivity contribution in [1.29, 1.82) is 5.26 Å². The summed E-state index contributed by atoms with van der Waals surface area (Å²) in [5.41, 5.74) is 1.90. The first-order chi connectivity index (χ1) is 14.2. The fourth-order valence-electron chi connectivity index (χ4n) is 2.37. The summed E-state index contributed by atoms with van der Waals surface area (Å²) in [6.45, 7) is 3.60. The van der Waals surface area contributed by atoms with Gasteiger partial charge >= 0.3 is 5.97 Å². The van der Waals surface area contributed by atoms with Crippen molar-refractivity contribution in [3.05, 3.63) is 60.1 Å². The second-order valence-corrected chi connectivity index (χ2v) is 8.44. The highest BCUT2D eigenvalue weighted by Crippen LogP contribution is 2.33. The van der Waals surface area contributed by atoms with Crippen molar-refractivity contribution < 1.29 is 19.1 Å². The van der Waals surface area contributed by atoms with Gasteiger partial charge in [-0.25, -0.2) is 4.79 Å². The Labute approximate surface area is 201 Å². The molecule has 0 aliphatic carbocycles. The van der Waals surface area contributed by atoms with Crippen LogP contribution in [0.3, 0.4) is 0 Å². The Morgan fingerprint density at radius 2 is 2.07 bits per heavy atom. The SMILES string of the molecule is CCOC(=O)COc1c(Br)cc(/C=C(\C#N)C(=O)Nc2cc(Cl)ccc2C)cc1I. The Kier molecular flexibility index (Phi) is 9.14. The third-order valence-electron chi connectivity index (χ3n) is 3.78. The molecule has 0 aliphatic rings. The maximum atomic E-state index is 12.6. The summed E-state index contributed by atoms with van der Waals surface area (Å²) < 4.78 is 11.6. The molecule has 30 heavy (non-hydrogen) atoms. The smallest absolute Gasteiger partial charge is 0.344 e. The highest BCUT2D eigenvalue weighted by molar-refractivity contribution is 14.1. The van der Waals surface area contributed by atoms with Gasteiger partial charge in [0.25, 0.3) is 5.91 Å². The van der Waals surface area contributed by atoms with Gasteiger partial charge in [-0.1, -0.05) is 17.7 Å². The number of halogens is 3. The van der Waals surface area contributed by atoms with E-state index < -0.39 is 11.9 Å². The molecule has 2 rings (SSSR count). The van der Waals surface area contributed by atoms with E-state index in [9.17, 15) is 14.9 Å². The number of carbonyl (C=O) groups excluding carboxylic acids is 2. The van der Waals surface area contributed by atoms with Gasteiger partial charge in [-0.2, -0.15) is 5.26 Å². The summed E-state index contributed by atoms with van der Waals surface area (Å²) in [5.74, 6) is -0.543. The molecule has 156 valence electrons. The minimum atomic E-state index is -0.545. The van der Waals surface area contributed by atoms with Gasteiger partial charge in [0.05, 0.1) is 14.6 Å². The van der Waals surface area contributed by atoms with Crippen molar-refractivity contribution in [2.24, 2.45) is 0 Å². The van der Waals surface area contributed by atoms with Gasteiger partial charge in [0.2, 0.25) is 0 Å². The number of nitriles is 1. The fraction of sp³-hybridized carbons (Fsp3) is 0.190. The molecular weight excluding hydrogens is 587 g/mol. The number of esters is 1. The van der Waals surface area contributed by atoms with Crippen molar-refractivity contribution in [2.75, 3.05) is 18.5 Å². The third-order valence-corrected chi connectivity index (χ3v) is 5.41. The van der Waals surface area contributed by atoms with E-state index in [4.69, 9.17) is 21.1 Å². The zero-order valence-corrected chi connectivity index (χ0v) is 20.6. The Hall–Kier alpha value is -2.09. The molecule has 0 unspecified atom stereocenters. The van der Waals surface area contributed by atoms with Crippen LogP contribution < -0.4 is 10.1 Å². The molecule has 1 amide bonds. The van der Waals surface area contributed by atoms with Crippen LogP contribution in [0, 0.1) is 21.8 Å². The summed E-state index contributed by atoms with van der Waals surface area (Å²) in [7, 11) is 0. The van der Waals surface area contributed by atoms with E-state index in [0.29, 0.717) is 30.1 Å². The molecule has 2 aromatic rings. The van der Waals surface area contributed by atoms with E-state index in [-0.39, 0.29) is 18.8 Å². The van der Waals surface area contributed by atoms with Crippen LogP contribution in [0.25, 0.3) is 6.08 Å². The topological polar surface area (TPSA) is 88.4 Å². The van der Waals surface area contributed by atoms with E-state index in [1.807, 2.05) is 35.6 Å². The zero-order chi connectivity index (χ0) is 22.3. The molecule has 0 bridgehead atoms. The van der Waals surface area contributed by atoms with Gasteiger partial charge < -0.3 is 14.8 Å². The molecule has 0 aliphatic heterocycles. The standard InChI is InChI=1S/C21H17BrClIN2O4/c1-3-29-19(27)11-30-20-16(22)7-13(8-17(20)24)6-14(10-25)21(28)26-18-9-15(23)5-4-12(18)2/h4-9H,3,11H2,1-2H3,(H,26,28)/b14-6+. The summed E-state index contributed by atoms with van der Waals surface area (Å²) in [6, 6.07) is 10.5. The number of carbonyl (C=O) groups is 2. The summed E-state index contributed by atoms with van der Waals surface area (Å²) in [4.78, 5) is 24.0. The number of hydrogen-bond acceptors (Lipinski definition) is 5. The van der Waals surface area contributed by atoms with E-state index in [1.54, 1.807) is 37.3 Å². The van der Waals surface area contributed by atoms with Gasteiger partial charge in [-0.05, 0) is 93.8 Å². The Bertz CT molecular complexity index is 1030. The second kappa shape index (κ2) is 11.3. The molecule has 0 saturated carbocycles. The molecule has 9 heteroatoms. The van der Waals surface area contributed by atoms with Crippen LogP contribution in [0.1, 0.15) is 18.1 Å². The highest BCUT2D eigenvalue weighted by Gasteiger charge is 2.14. The predicted octanol–water partition coefficient (Wildman–Crippen LogP) is 5.50. The number of amides is 1. The average molecular weight is 604 g/mol. The average Bonchev–Trinajstić information content (AvgIpc) is 2.68. The van der Waals surface area contributed by atoms with E-state index in [2.05, 4.69) is 21.2 Å². The number of anilines is 1. The van der Waals surface area contributed by atoms with Crippen molar-refractivity contribution >= 4 is 73.8 Å². The number of rotatable bonds is 7. The van der Waals surface area contributed by atoms with Gasteiger partial charge in [-0.3, -0.25) is 4.79 Å². The Balaban J connectivity index is 2.22. The molecule has 2 aromatic carbocycles. The van der Waals surface area contributed by atoms with Gasteiger partial charge in [-0.15, -0.1) is 0 Å². The molecule has 0 fully saturated rings. The third kappa shape index (κ3) is 6.72. The summed E-state index contributed by atoms with van der Waals surface area (Å²) in [6.07, 6.45) is 1.47. The minimum Gasteiger partial charge on any atom is -0.480 e. The number of nitrogens with one attached hydrogen (secondary N) is 1. The number of hydrogen-bond donors (Lipinski definition) is 1. The van der Waals surface area contributed by atoms with Crippen LogP contribution in [-0.4, -0.2) is 25.1 Å². The first-order valence-electron chi connectivity index (χ1n) is 8.72. The minimum absolute atomic E-state index is 0.0720. The largest absolute Gasteiger partial charge is 0.480 e. The van der Waals surface area contributed by atoms with Crippen LogP contribution in [0.4, 0.5) is 5.69 Å². The maximum absolute atomic E-state index is 12.6. The lowest BCUT2D eigenvalue weighted by molar-refractivity contribution is -0.145. The molecule has 0 spiro atoms. The van der Waals surface area contributed by atoms with Crippen molar-refractivity contribution in [3.8, 4) is 11.8 Å². The van der Waals surface area contributed by atoms with Crippen molar-refractivity contribution in [3.63, 3.8) is 0 Å². The van der Waals surface area contributed by atoms with Gasteiger partial charge in [0.15, 0.2) is 6.61 Å². The Morgan fingerprint density at radius 1 is 1.33 bits per heavy atom. The predicted molar refractivity (Wildman–Crippen MR) is 127 cm³/mol. The normalized spacial score (nSPS) is 10.9. The fourth-order valence-corrected chi connectivity index (χ4v) is 4.31. The van der Waals surface area contributed by atoms with E-state index in [1.165, 1.54) is 6.08 Å². The van der Waals surface area contributed by atoms with Crippen LogP contribution >= 0.6 is 50.1 Å². The molecule has 0 heterocycles. The molecule has 0 atom stereocenters. The first-order valence-corrected chi connectivity index (χ1v) is 11.0. The second-order valence-electron chi connectivity index (χ2n) is 5.99. The number of benzene rings is 2. The summed E-state index contributed by atoms with van der Waals surface area (Å²) in [5, 5.41) is 12.6. The van der Waals surface area contributed by atoms with Gasteiger partial charge in [0, 0.05) is 10.7 Å². The van der Waals surface area contributed by atoms with E-state index >= 15 is 0 Å². The number of aryl methyl sites for hydroxylation is 1. The lowest BCUT2D eigenvalue weighted by atomic mass is 10.1. The Morgan fingerprint density at radius 3 is 2.70 bits per heavy atom. The van der Waals surface area contributed by atoms with Gasteiger partial charge in [0.1, 0.15) is 17.4 Å². The van der Waals surface area contributed by atoms with E-state index in [0.717, 1.165) is 5.56 Å². The molecule has 0 aromatic heterocycles. The number of ether oxygens (including phenoxy) is 2. The number of nitrogens with zero attached hydrogens (tertiary/aromatic N) is 1. The molecule has 6 nitrogen and oxygen atoms in total. The molecule has 1 N–H and O–H groups in total. The molecular formula is C21H17BrClIN2O4. The van der Waals surface area contributed by atoms with Crippen molar-refractivity contribution in [2.45, 2.75) is 13.8 Å². The van der Waals surface area contributed by atoms with Crippen molar-refractivity contribution in [1.82, 2.24) is 0 Å². The highest BCUT2D eigenvalue weighted by atomic mass is 127. The lowest BCUT2D eigenvalue weighted by Crippen LogP contribution is -2.15. The maximum Gasteiger partial charge on any atom is 0.344 e. The lowest BCUT2D eigenvalue weighted by Gasteiger charge is -2.11. The zero-order valence-electron chi connectivity index (χ0n) is 16.1. The molecule has 0 radical (unpaired) electrons. The summed E-state index contributed by atoms with van der Waals surface area (Å²) >= 11 is 11.4. The first kappa shape index (κ1) is 24.2. The molecule has 0 saturated heterocycles. The van der Waals surface area contributed by atoms with Crippen LogP contribution in [-0.2, 0) is 14.3 Å². The quantitative estimate of drug-likeness (QED) is 0.195. The van der Waals surface area contributed by atoms with Crippen LogP contribution in [0.2, 0.25) is 5.02 Å². The van der Waals surface area contributed by atoms with Crippen LogP contribution in [0.15, 0.2) is 40.4 Å².